The number of hydrogen-bond acceptors (Lipinski definition) is 3. The van der Waals surface area contributed by atoms with E-state index in [1.54, 1.807) is 6.92 Å². The van der Waals surface area contributed by atoms with Gasteiger partial charge in [0.05, 0.1) is 10.2 Å². The highest BCUT2D eigenvalue weighted by Gasteiger charge is 2.28. The molecule has 1 rings (SSSR count). The maximum Gasteiger partial charge on any atom is 0.422 e. The van der Waals surface area contributed by atoms with Crippen LogP contribution in [0.4, 0.5) is 13.2 Å². The van der Waals surface area contributed by atoms with E-state index in [0.717, 1.165) is 0 Å². The summed E-state index contributed by atoms with van der Waals surface area (Å²) in [4.78, 5) is 7.26. The smallest absolute Gasteiger partial charge is 0.422 e. The second-order valence-electron chi connectivity index (χ2n) is 2.49. The summed E-state index contributed by atoms with van der Waals surface area (Å²) in [6.45, 7) is 0.250. The normalized spacial score (nSPS) is 11.5. The molecule has 0 bridgehead atoms. The van der Waals surface area contributed by atoms with Crippen molar-refractivity contribution >= 4 is 15.9 Å². The van der Waals surface area contributed by atoms with Gasteiger partial charge in [-0.05, 0) is 22.9 Å². The van der Waals surface area contributed by atoms with E-state index in [1.807, 2.05) is 0 Å². The van der Waals surface area contributed by atoms with Crippen molar-refractivity contribution in [3.05, 3.63) is 16.4 Å². The standard InChI is InChI=1S/C7H6BrF3N2O/c1-4-5(8)2-12-6(13-4)14-3-7(9,10)11/h2H,3H2,1H3. The zero-order chi connectivity index (χ0) is 10.8. The number of halogens is 4. The lowest BCUT2D eigenvalue weighted by molar-refractivity contribution is -0.154. The van der Waals surface area contributed by atoms with Crippen LogP contribution in [0.15, 0.2) is 10.7 Å². The molecular formula is C7H6BrF3N2O. The maximum atomic E-state index is 11.7. The highest BCUT2D eigenvalue weighted by Crippen LogP contribution is 2.18. The van der Waals surface area contributed by atoms with Gasteiger partial charge in [0.15, 0.2) is 6.61 Å². The molecule has 0 spiro atoms. The Morgan fingerprint density at radius 3 is 2.64 bits per heavy atom. The quantitative estimate of drug-likeness (QED) is 0.828. The van der Waals surface area contributed by atoms with Gasteiger partial charge >= 0.3 is 12.2 Å². The summed E-state index contributed by atoms with van der Waals surface area (Å²) >= 11 is 3.12. The molecule has 0 atom stereocenters. The molecule has 0 amide bonds. The molecule has 3 nitrogen and oxygen atoms in total. The molecule has 0 N–H and O–H groups in total. The van der Waals surface area contributed by atoms with Crippen molar-refractivity contribution in [2.75, 3.05) is 6.61 Å². The number of nitrogens with zero attached hydrogens (tertiary/aromatic N) is 2. The average Bonchev–Trinajstić information content (AvgIpc) is 2.06. The van der Waals surface area contributed by atoms with E-state index >= 15 is 0 Å². The number of aromatic nitrogens is 2. The van der Waals surface area contributed by atoms with Crippen LogP contribution in [0.25, 0.3) is 0 Å². The largest absolute Gasteiger partial charge is 0.454 e. The Bertz CT molecular complexity index is 329. The van der Waals surface area contributed by atoms with E-state index in [-0.39, 0.29) is 6.01 Å². The van der Waals surface area contributed by atoms with Crippen molar-refractivity contribution in [1.29, 1.82) is 0 Å². The molecule has 0 saturated heterocycles. The highest BCUT2D eigenvalue weighted by molar-refractivity contribution is 9.10. The van der Waals surface area contributed by atoms with Crippen molar-refractivity contribution in [2.24, 2.45) is 0 Å². The van der Waals surface area contributed by atoms with E-state index in [1.165, 1.54) is 6.20 Å². The van der Waals surface area contributed by atoms with Crippen LogP contribution in [-0.2, 0) is 0 Å². The Hall–Kier alpha value is -0.850. The van der Waals surface area contributed by atoms with Crippen LogP contribution in [0.5, 0.6) is 6.01 Å². The first-order chi connectivity index (χ1) is 6.38. The van der Waals surface area contributed by atoms with Crippen molar-refractivity contribution in [3.63, 3.8) is 0 Å². The number of alkyl halides is 3. The molecular weight excluding hydrogens is 265 g/mol. The minimum atomic E-state index is -4.37. The minimum Gasteiger partial charge on any atom is -0.454 e. The number of aryl methyl sites for hydroxylation is 1. The van der Waals surface area contributed by atoms with Crippen LogP contribution in [0.1, 0.15) is 5.69 Å². The molecule has 1 heterocycles. The lowest BCUT2D eigenvalue weighted by Gasteiger charge is -2.07. The molecule has 0 aliphatic rings. The molecule has 0 fully saturated rings. The van der Waals surface area contributed by atoms with E-state index < -0.39 is 12.8 Å². The molecule has 1 aromatic heterocycles. The minimum absolute atomic E-state index is 0.275. The topological polar surface area (TPSA) is 35.0 Å². The second-order valence-corrected chi connectivity index (χ2v) is 3.34. The van der Waals surface area contributed by atoms with Crippen LogP contribution in [0.3, 0.4) is 0 Å². The van der Waals surface area contributed by atoms with Gasteiger partial charge in [0.2, 0.25) is 0 Å². The second kappa shape index (κ2) is 4.12. The first-order valence-electron chi connectivity index (χ1n) is 3.57. The van der Waals surface area contributed by atoms with Crippen molar-refractivity contribution in [3.8, 4) is 6.01 Å². The molecule has 0 radical (unpaired) electrons. The van der Waals surface area contributed by atoms with Gasteiger partial charge in [-0.3, -0.25) is 0 Å². The predicted molar refractivity (Wildman–Crippen MR) is 46.0 cm³/mol. The predicted octanol–water partition coefficient (Wildman–Crippen LogP) is 2.49. The fourth-order valence-electron chi connectivity index (χ4n) is 0.647. The SMILES string of the molecule is Cc1nc(OCC(F)(F)F)ncc1Br. The van der Waals surface area contributed by atoms with Crippen LogP contribution >= 0.6 is 15.9 Å². The van der Waals surface area contributed by atoms with Crippen molar-refractivity contribution in [2.45, 2.75) is 13.1 Å². The number of hydrogen-bond donors (Lipinski definition) is 0. The Morgan fingerprint density at radius 2 is 2.14 bits per heavy atom. The van der Waals surface area contributed by atoms with Crippen LogP contribution in [-0.4, -0.2) is 22.8 Å². The first-order valence-corrected chi connectivity index (χ1v) is 4.36. The van der Waals surface area contributed by atoms with E-state index in [0.29, 0.717) is 10.2 Å². The Balaban J connectivity index is 2.65. The summed E-state index contributed by atoms with van der Waals surface area (Å²) in [7, 11) is 0. The third kappa shape index (κ3) is 3.49. The summed E-state index contributed by atoms with van der Waals surface area (Å²) in [5.41, 5.74) is 0.525. The fraction of sp³-hybridized carbons (Fsp3) is 0.429. The lowest BCUT2D eigenvalue weighted by Crippen LogP contribution is -2.20. The number of ether oxygens (including phenoxy) is 1. The number of rotatable bonds is 2. The first kappa shape index (κ1) is 11.2. The molecule has 0 aromatic carbocycles. The van der Waals surface area contributed by atoms with Gasteiger partial charge in [0.25, 0.3) is 0 Å². The zero-order valence-corrected chi connectivity index (χ0v) is 8.68. The third-order valence-electron chi connectivity index (χ3n) is 1.26. The molecule has 14 heavy (non-hydrogen) atoms. The molecule has 0 aliphatic carbocycles. The third-order valence-corrected chi connectivity index (χ3v) is 2.04. The summed E-state index contributed by atoms with van der Waals surface area (Å²) in [6.07, 6.45) is -3.03. The van der Waals surface area contributed by atoms with Crippen LogP contribution in [0, 0.1) is 6.92 Å². The highest BCUT2D eigenvalue weighted by atomic mass is 79.9. The average molecular weight is 271 g/mol. The van der Waals surface area contributed by atoms with Crippen molar-refractivity contribution < 1.29 is 17.9 Å². The van der Waals surface area contributed by atoms with Gasteiger partial charge in [-0.2, -0.15) is 18.2 Å². The molecule has 7 heteroatoms. The Morgan fingerprint density at radius 1 is 1.50 bits per heavy atom. The molecule has 0 aliphatic heterocycles. The summed E-state index contributed by atoms with van der Waals surface area (Å²) in [5.74, 6) is 0. The fourth-order valence-corrected chi connectivity index (χ4v) is 0.838. The summed E-state index contributed by atoms with van der Waals surface area (Å²) in [5, 5.41) is 0. The Kier molecular flexibility index (Phi) is 3.30. The molecule has 0 saturated carbocycles. The van der Waals surface area contributed by atoms with E-state index in [4.69, 9.17) is 0 Å². The van der Waals surface area contributed by atoms with E-state index in [2.05, 4.69) is 30.6 Å². The van der Waals surface area contributed by atoms with Gasteiger partial charge in [0, 0.05) is 6.20 Å². The van der Waals surface area contributed by atoms with Crippen molar-refractivity contribution in [1.82, 2.24) is 9.97 Å². The van der Waals surface area contributed by atoms with Gasteiger partial charge < -0.3 is 4.74 Å². The lowest BCUT2D eigenvalue weighted by atomic mass is 10.5. The molecule has 78 valence electrons. The van der Waals surface area contributed by atoms with E-state index in [9.17, 15) is 13.2 Å². The van der Waals surface area contributed by atoms with Crippen LogP contribution < -0.4 is 4.74 Å². The Labute approximate surface area is 86.4 Å². The van der Waals surface area contributed by atoms with Gasteiger partial charge in [-0.15, -0.1) is 0 Å². The summed E-state index contributed by atoms with van der Waals surface area (Å²) < 4.78 is 40.2. The zero-order valence-electron chi connectivity index (χ0n) is 7.10. The monoisotopic (exact) mass is 270 g/mol. The molecule has 1 aromatic rings. The van der Waals surface area contributed by atoms with Crippen LogP contribution in [0.2, 0.25) is 0 Å². The molecule has 0 unspecified atom stereocenters. The summed E-state index contributed by atoms with van der Waals surface area (Å²) in [6, 6.07) is -0.275. The van der Waals surface area contributed by atoms with Gasteiger partial charge in [0.1, 0.15) is 0 Å². The van der Waals surface area contributed by atoms with Gasteiger partial charge in [-0.1, -0.05) is 0 Å². The maximum absolute atomic E-state index is 11.7. The van der Waals surface area contributed by atoms with Gasteiger partial charge in [-0.25, -0.2) is 4.98 Å².